The molecule has 0 radical (unpaired) electrons. The number of rotatable bonds is 6. The molecule has 0 aliphatic carbocycles. The molecule has 0 fully saturated rings. The average Bonchev–Trinajstić information content (AvgIpc) is 2.56. The van der Waals surface area contributed by atoms with Gasteiger partial charge in [-0.15, -0.1) is 11.8 Å². The molecule has 0 aliphatic heterocycles. The van der Waals surface area contributed by atoms with Crippen molar-refractivity contribution in [1.82, 2.24) is 0 Å². The summed E-state index contributed by atoms with van der Waals surface area (Å²) >= 11 is 1.31. The lowest BCUT2D eigenvalue weighted by molar-refractivity contribution is -0.384. The third kappa shape index (κ3) is 5.61. The average molecular weight is 359 g/mol. The summed E-state index contributed by atoms with van der Waals surface area (Å²) in [5.41, 5.74) is 1.29. The standard InChI is InChI=1S/C17H17N3O4S/c1-11(25-16-9-7-15(8-10-16)20(23)24)17(22)19-14-5-3-13(4-6-14)18-12(2)21/h3-11H,1-2H3,(H,18,21)(H,19,22). The van der Waals surface area contributed by atoms with E-state index >= 15 is 0 Å². The molecular weight excluding hydrogens is 342 g/mol. The predicted molar refractivity (Wildman–Crippen MR) is 97.8 cm³/mol. The smallest absolute Gasteiger partial charge is 0.269 e. The zero-order valence-electron chi connectivity index (χ0n) is 13.7. The first kappa shape index (κ1) is 18.5. The predicted octanol–water partition coefficient (Wildman–Crippen LogP) is 3.67. The Hall–Kier alpha value is -2.87. The Bertz CT molecular complexity index is 775. The minimum Gasteiger partial charge on any atom is -0.326 e. The Morgan fingerprint density at radius 2 is 1.52 bits per heavy atom. The Morgan fingerprint density at radius 1 is 1.00 bits per heavy atom. The molecule has 7 nitrogen and oxygen atoms in total. The van der Waals surface area contributed by atoms with E-state index in [4.69, 9.17) is 0 Å². The number of nitrogens with one attached hydrogen (secondary N) is 2. The third-order valence-electron chi connectivity index (χ3n) is 3.20. The number of non-ortho nitro benzene ring substituents is 1. The van der Waals surface area contributed by atoms with E-state index in [1.54, 1.807) is 43.3 Å². The molecule has 2 aromatic rings. The molecule has 1 atom stereocenters. The van der Waals surface area contributed by atoms with Crippen LogP contribution in [0.4, 0.5) is 17.1 Å². The SMILES string of the molecule is CC(=O)Nc1ccc(NC(=O)C(C)Sc2ccc([N+](=O)[O-])cc2)cc1. The van der Waals surface area contributed by atoms with Crippen LogP contribution in [0.5, 0.6) is 0 Å². The van der Waals surface area contributed by atoms with Gasteiger partial charge in [-0.25, -0.2) is 0 Å². The minimum atomic E-state index is -0.463. The molecule has 0 saturated carbocycles. The number of carbonyl (C=O) groups excluding carboxylic acids is 2. The Kier molecular flexibility index (Phi) is 6.13. The maximum atomic E-state index is 12.2. The number of thioether (sulfide) groups is 1. The van der Waals surface area contributed by atoms with Gasteiger partial charge < -0.3 is 10.6 Å². The first-order valence-corrected chi connectivity index (χ1v) is 8.33. The van der Waals surface area contributed by atoms with Crippen LogP contribution in [0.2, 0.25) is 0 Å². The highest BCUT2D eigenvalue weighted by molar-refractivity contribution is 8.00. The Labute approximate surface area is 149 Å². The zero-order chi connectivity index (χ0) is 18.4. The highest BCUT2D eigenvalue weighted by Crippen LogP contribution is 2.26. The van der Waals surface area contributed by atoms with E-state index in [1.165, 1.54) is 30.8 Å². The molecule has 8 heteroatoms. The van der Waals surface area contributed by atoms with Crippen LogP contribution in [0.15, 0.2) is 53.4 Å². The molecular formula is C17H17N3O4S. The summed E-state index contributed by atoms with van der Waals surface area (Å²) in [6.07, 6.45) is 0. The van der Waals surface area contributed by atoms with Gasteiger partial charge in [-0.1, -0.05) is 0 Å². The van der Waals surface area contributed by atoms with Crippen LogP contribution in [-0.2, 0) is 9.59 Å². The van der Waals surface area contributed by atoms with Crippen molar-refractivity contribution in [1.29, 1.82) is 0 Å². The number of hydrogen-bond donors (Lipinski definition) is 2. The van der Waals surface area contributed by atoms with Gasteiger partial charge in [0, 0.05) is 35.3 Å². The Morgan fingerprint density at radius 3 is 2.00 bits per heavy atom. The van der Waals surface area contributed by atoms with Crippen LogP contribution in [0.25, 0.3) is 0 Å². The molecule has 0 heterocycles. The van der Waals surface area contributed by atoms with Crippen molar-refractivity contribution < 1.29 is 14.5 Å². The number of anilines is 2. The van der Waals surface area contributed by atoms with Crippen LogP contribution in [-0.4, -0.2) is 22.0 Å². The Balaban J connectivity index is 1.93. The highest BCUT2D eigenvalue weighted by atomic mass is 32.2. The molecule has 1 unspecified atom stereocenters. The van der Waals surface area contributed by atoms with Gasteiger partial charge >= 0.3 is 0 Å². The topological polar surface area (TPSA) is 101 Å². The molecule has 0 bridgehead atoms. The van der Waals surface area contributed by atoms with Crippen LogP contribution < -0.4 is 10.6 Å². The summed E-state index contributed by atoms with van der Waals surface area (Å²) in [6, 6.07) is 12.9. The van der Waals surface area contributed by atoms with Gasteiger partial charge in [-0.2, -0.15) is 0 Å². The van der Waals surface area contributed by atoms with E-state index < -0.39 is 4.92 Å². The lowest BCUT2D eigenvalue weighted by atomic mass is 10.2. The molecule has 0 aliphatic rings. The van der Waals surface area contributed by atoms with Crippen LogP contribution in [0.1, 0.15) is 13.8 Å². The van der Waals surface area contributed by atoms with Gasteiger partial charge in [0.25, 0.3) is 5.69 Å². The quantitative estimate of drug-likeness (QED) is 0.465. The van der Waals surface area contributed by atoms with E-state index in [2.05, 4.69) is 10.6 Å². The van der Waals surface area contributed by atoms with E-state index in [9.17, 15) is 19.7 Å². The first-order chi connectivity index (χ1) is 11.8. The summed E-state index contributed by atoms with van der Waals surface area (Å²) < 4.78 is 0. The van der Waals surface area contributed by atoms with Crippen molar-refractivity contribution in [3.05, 3.63) is 58.6 Å². The maximum Gasteiger partial charge on any atom is 0.269 e. The van der Waals surface area contributed by atoms with E-state index in [0.29, 0.717) is 11.4 Å². The lowest BCUT2D eigenvalue weighted by Crippen LogP contribution is -2.22. The van der Waals surface area contributed by atoms with E-state index in [-0.39, 0.29) is 22.8 Å². The fraction of sp³-hybridized carbons (Fsp3) is 0.176. The number of carbonyl (C=O) groups is 2. The minimum absolute atomic E-state index is 0.0146. The van der Waals surface area contributed by atoms with Crippen LogP contribution in [0, 0.1) is 10.1 Å². The highest BCUT2D eigenvalue weighted by Gasteiger charge is 2.15. The molecule has 130 valence electrons. The largest absolute Gasteiger partial charge is 0.326 e. The van der Waals surface area contributed by atoms with Gasteiger partial charge in [-0.3, -0.25) is 19.7 Å². The van der Waals surface area contributed by atoms with E-state index in [1.807, 2.05) is 0 Å². The van der Waals surface area contributed by atoms with Crippen molar-refractivity contribution >= 4 is 40.6 Å². The van der Waals surface area contributed by atoms with Crippen LogP contribution in [0.3, 0.4) is 0 Å². The van der Waals surface area contributed by atoms with Crippen molar-refractivity contribution in [3.63, 3.8) is 0 Å². The van der Waals surface area contributed by atoms with E-state index in [0.717, 1.165) is 4.90 Å². The number of nitrogens with zero attached hydrogens (tertiary/aromatic N) is 1. The number of amides is 2. The molecule has 2 aromatic carbocycles. The molecule has 0 aromatic heterocycles. The maximum absolute atomic E-state index is 12.2. The van der Waals surface area contributed by atoms with Gasteiger partial charge in [0.2, 0.25) is 11.8 Å². The van der Waals surface area contributed by atoms with Gasteiger partial charge in [0.1, 0.15) is 0 Å². The lowest BCUT2D eigenvalue weighted by Gasteiger charge is -2.12. The van der Waals surface area contributed by atoms with Gasteiger partial charge in [0.15, 0.2) is 0 Å². The van der Waals surface area contributed by atoms with Gasteiger partial charge in [-0.05, 0) is 43.3 Å². The summed E-state index contributed by atoms with van der Waals surface area (Å²) in [5.74, 6) is -0.347. The van der Waals surface area contributed by atoms with Crippen molar-refractivity contribution in [2.24, 2.45) is 0 Å². The number of benzene rings is 2. The molecule has 2 amide bonds. The normalized spacial score (nSPS) is 11.4. The fourth-order valence-corrected chi connectivity index (χ4v) is 2.86. The second-order valence-electron chi connectivity index (χ2n) is 5.26. The van der Waals surface area contributed by atoms with Crippen molar-refractivity contribution in [2.75, 3.05) is 10.6 Å². The molecule has 0 spiro atoms. The number of nitro groups is 1. The molecule has 2 rings (SSSR count). The fourth-order valence-electron chi connectivity index (χ4n) is 1.99. The molecule has 2 N–H and O–H groups in total. The molecule has 25 heavy (non-hydrogen) atoms. The summed E-state index contributed by atoms with van der Waals surface area (Å²) in [5, 5.41) is 15.7. The first-order valence-electron chi connectivity index (χ1n) is 7.45. The number of nitro benzene ring substituents is 1. The summed E-state index contributed by atoms with van der Waals surface area (Å²) in [4.78, 5) is 34.2. The van der Waals surface area contributed by atoms with Crippen molar-refractivity contribution in [3.8, 4) is 0 Å². The summed E-state index contributed by atoms with van der Waals surface area (Å²) in [6.45, 7) is 3.18. The zero-order valence-corrected chi connectivity index (χ0v) is 14.5. The second kappa shape index (κ2) is 8.29. The second-order valence-corrected chi connectivity index (χ2v) is 6.67. The molecule has 0 saturated heterocycles. The third-order valence-corrected chi connectivity index (χ3v) is 4.31. The monoisotopic (exact) mass is 359 g/mol. The van der Waals surface area contributed by atoms with Crippen molar-refractivity contribution in [2.45, 2.75) is 24.0 Å². The van der Waals surface area contributed by atoms with Gasteiger partial charge in [0.05, 0.1) is 10.2 Å². The number of hydrogen-bond acceptors (Lipinski definition) is 5. The van der Waals surface area contributed by atoms with Crippen LogP contribution >= 0.6 is 11.8 Å². The summed E-state index contributed by atoms with van der Waals surface area (Å²) in [7, 11) is 0.